The van der Waals surface area contributed by atoms with Crippen LogP contribution in [0.3, 0.4) is 0 Å². The molecular weight excluding hydrogens is 357 g/mol. The molecule has 2 aromatic carbocycles. The van der Waals surface area contributed by atoms with Crippen LogP contribution in [0, 0.1) is 0 Å². The SMILES string of the molecule is CCc1ccc(S(=O)(=O)NC(=O)Nc2cccc(C(F)(F)F)c2)cc1. The van der Waals surface area contributed by atoms with Crippen molar-refractivity contribution in [1.82, 2.24) is 4.72 Å². The van der Waals surface area contributed by atoms with Crippen LogP contribution in [-0.4, -0.2) is 14.4 Å². The lowest BCUT2D eigenvalue weighted by atomic mass is 10.2. The lowest BCUT2D eigenvalue weighted by Gasteiger charge is -2.11. The summed E-state index contributed by atoms with van der Waals surface area (Å²) >= 11 is 0. The lowest BCUT2D eigenvalue weighted by molar-refractivity contribution is -0.137. The largest absolute Gasteiger partial charge is 0.416 e. The van der Waals surface area contributed by atoms with Gasteiger partial charge in [0.2, 0.25) is 0 Å². The zero-order valence-electron chi connectivity index (χ0n) is 13.1. The molecule has 0 aliphatic heterocycles. The molecule has 0 bridgehead atoms. The average Bonchev–Trinajstić information content (AvgIpc) is 2.53. The maximum atomic E-state index is 12.6. The number of alkyl halides is 3. The quantitative estimate of drug-likeness (QED) is 0.858. The topological polar surface area (TPSA) is 75.3 Å². The molecular formula is C16H15F3N2O3S. The number of benzene rings is 2. The molecule has 0 heterocycles. The summed E-state index contributed by atoms with van der Waals surface area (Å²) in [5.74, 6) is 0. The molecule has 0 radical (unpaired) electrons. The second-order valence-electron chi connectivity index (χ2n) is 5.14. The fourth-order valence-electron chi connectivity index (χ4n) is 2.02. The summed E-state index contributed by atoms with van der Waals surface area (Å²) in [4.78, 5) is 11.7. The van der Waals surface area contributed by atoms with E-state index in [0.29, 0.717) is 6.07 Å². The Morgan fingerprint density at radius 1 is 1.08 bits per heavy atom. The number of amides is 2. The van der Waals surface area contributed by atoms with E-state index in [1.807, 2.05) is 6.92 Å². The van der Waals surface area contributed by atoms with E-state index in [0.717, 1.165) is 24.1 Å². The van der Waals surface area contributed by atoms with Gasteiger partial charge in [0.25, 0.3) is 10.0 Å². The maximum Gasteiger partial charge on any atom is 0.416 e. The first-order chi connectivity index (χ1) is 11.6. The smallest absolute Gasteiger partial charge is 0.307 e. The second-order valence-corrected chi connectivity index (χ2v) is 6.82. The molecule has 2 amide bonds. The van der Waals surface area contributed by atoms with Crippen molar-refractivity contribution >= 4 is 21.7 Å². The van der Waals surface area contributed by atoms with Crippen LogP contribution in [0.1, 0.15) is 18.1 Å². The van der Waals surface area contributed by atoms with Crippen LogP contribution in [0.15, 0.2) is 53.4 Å². The number of nitrogens with one attached hydrogen (secondary N) is 2. The van der Waals surface area contributed by atoms with Gasteiger partial charge in [-0.05, 0) is 42.3 Å². The van der Waals surface area contributed by atoms with Crippen LogP contribution >= 0.6 is 0 Å². The van der Waals surface area contributed by atoms with Crippen LogP contribution < -0.4 is 10.0 Å². The number of sulfonamides is 1. The Morgan fingerprint density at radius 2 is 1.72 bits per heavy atom. The molecule has 0 aliphatic rings. The molecule has 25 heavy (non-hydrogen) atoms. The van der Waals surface area contributed by atoms with E-state index >= 15 is 0 Å². The Labute approximate surface area is 142 Å². The normalized spacial score (nSPS) is 11.8. The molecule has 2 aromatic rings. The van der Waals surface area contributed by atoms with Crippen molar-refractivity contribution in [3.8, 4) is 0 Å². The summed E-state index contributed by atoms with van der Waals surface area (Å²) in [6, 6.07) is 8.64. The number of anilines is 1. The van der Waals surface area contributed by atoms with Gasteiger partial charge in [0, 0.05) is 5.69 Å². The highest BCUT2D eigenvalue weighted by Gasteiger charge is 2.30. The molecule has 0 saturated carbocycles. The molecule has 0 fully saturated rings. The fraction of sp³-hybridized carbons (Fsp3) is 0.188. The Morgan fingerprint density at radius 3 is 2.28 bits per heavy atom. The van der Waals surface area contributed by atoms with E-state index in [1.54, 1.807) is 16.9 Å². The first-order valence-corrected chi connectivity index (χ1v) is 8.70. The summed E-state index contributed by atoms with van der Waals surface area (Å²) in [7, 11) is -4.13. The highest BCUT2D eigenvalue weighted by atomic mass is 32.2. The predicted molar refractivity (Wildman–Crippen MR) is 86.6 cm³/mol. The summed E-state index contributed by atoms with van der Waals surface area (Å²) in [5.41, 5.74) is -0.209. The first-order valence-electron chi connectivity index (χ1n) is 7.22. The zero-order chi connectivity index (χ0) is 18.7. The highest BCUT2D eigenvalue weighted by molar-refractivity contribution is 7.90. The van der Waals surface area contributed by atoms with Gasteiger partial charge >= 0.3 is 12.2 Å². The molecule has 9 heteroatoms. The van der Waals surface area contributed by atoms with Gasteiger partial charge in [0.15, 0.2) is 0 Å². The summed E-state index contributed by atoms with van der Waals surface area (Å²) < 4.78 is 63.9. The van der Waals surface area contributed by atoms with Crippen LogP contribution in [0.5, 0.6) is 0 Å². The molecule has 5 nitrogen and oxygen atoms in total. The van der Waals surface area contributed by atoms with Crippen molar-refractivity contribution < 1.29 is 26.4 Å². The minimum absolute atomic E-state index is 0.121. The molecule has 2 N–H and O–H groups in total. The Hall–Kier alpha value is -2.55. The number of urea groups is 1. The first kappa shape index (κ1) is 18.8. The minimum Gasteiger partial charge on any atom is -0.307 e. The number of hydrogen-bond acceptors (Lipinski definition) is 3. The van der Waals surface area contributed by atoms with Crippen LogP contribution in [0.2, 0.25) is 0 Å². The molecule has 0 saturated heterocycles. The number of halogens is 3. The van der Waals surface area contributed by atoms with Crippen molar-refractivity contribution in [3.05, 3.63) is 59.7 Å². The third-order valence-corrected chi connectivity index (χ3v) is 4.66. The Kier molecular flexibility index (Phi) is 5.36. The van der Waals surface area contributed by atoms with E-state index in [2.05, 4.69) is 5.32 Å². The number of carbonyl (C=O) groups is 1. The van der Waals surface area contributed by atoms with Gasteiger partial charge in [0.1, 0.15) is 0 Å². The van der Waals surface area contributed by atoms with Crippen molar-refractivity contribution in [2.45, 2.75) is 24.4 Å². The standard InChI is InChI=1S/C16H15F3N2O3S/c1-2-11-6-8-14(9-7-11)25(23,24)21-15(22)20-13-5-3-4-12(10-13)16(17,18)19/h3-10H,2H2,1H3,(H2,20,21,22). The summed E-state index contributed by atoms with van der Waals surface area (Å²) in [5, 5.41) is 2.07. The number of carbonyl (C=O) groups excluding carboxylic acids is 1. The van der Waals surface area contributed by atoms with E-state index in [-0.39, 0.29) is 10.6 Å². The second kappa shape index (κ2) is 7.14. The minimum atomic E-state index is -4.57. The Bertz CT molecular complexity index is 863. The molecule has 0 aliphatic carbocycles. The van der Waals surface area contributed by atoms with Crippen molar-refractivity contribution in [3.63, 3.8) is 0 Å². The Balaban J connectivity index is 2.11. The highest BCUT2D eigenvalue weighted by Crippen LogP contribution is 2.30. The van der Waals surface area contributed by atoms with Crippen molar-refractivity contribution in [2.75, 3.05) is 5.32 Å². The third kappa shape index (κ3) is 4.96. The maximum absolute atomic E-state index is 12.6. The molecule has 134 valence electrons. The fourth-order valence-corrected chi connectivity index (χ4v) is 2.92. The van der Waals surface area contributed by atoms with Crippen molar-refractivity contribution in [2.24, 2.45) is 0 Å². The predicted octanol–water partition coefficient (Wildman–Crippen LogP) is 3.78. The summed E-state index contributed by atoms with van der Waals surface area (Å²) in [6.45, 7) is 1.91. The molecule has 2 rings (SSSR count). The number of rotatable bonds is 4. The number of aryl methyl sites for hydroxylation is 1. The van der Waals surface area contributed by atoms with E-state index in [9.17, 15) is 26.4 Å². The van der Waals surface area contributed by atoms with Crippen LogP contribution in [0.25, 0.3) is 0 Å². The van der Waals surface area contributed by atoms with Gasteiger partial charge in [-0.3, -0.25) is 0 Å². The van der Waals surface area contributed by atoms with Crippen LogP contribution in [0.4, 0.5) is 23.7 Å². The van der Waals surface area contributed by atoms with Crippen molar-refractivity contribution in [1.29, 1.82) is 0 Å². The van der Waals surface area contributed by atoms with Gasteiger partial charge in [-0.1, -0.05) is 25.1 Å². The third-order valence-electron chi connectivity index (χ3n) is 3.32. The number of hydrogen-bond donors (Lipinski definition) is 2. The lowest BCUT2D eigenvalue weighted by Crippen LogP contribution is -2.34. The van der Waals surface area contributed by atoms with E-state index in [1.165, 1.54) is 18.2 Å². The average molecular weight is 372 g/mol. The summed E-state index contributed by atoms with van der Waals surface area (Å²) in [6.07, 6.45) is -3.84. The molecule has 0 atom stereocenters. The van der Waals surface area contributed by atoms with Gasteiger partial charge in [0.05, 0.1) is 10.5 Å². The zero-order valence-corrected chi connectivity index (χ0v) is 13.9. The van der Waals surface area contributed by atoms with E-state index < -0.39 is 27.8 Å². The van der Waals surface area contributed by atoms with Gasteiger partial charge in [-0.25, -0.2) is 17.9 Å². The van der Waals surface area contributed by atoms with E-state index in [4.69, 9.17) is 0 Å². The molecule has 0 spiro atoms. The van der Waals surface area contributed by atoms with Crippen LogP contribution in [-0.2, 0) is 22.6 Å². The molecule has 0 unspecified atom stereocenters. The van der Waals surface area contributed by atoms with Gasteiger partial charge in [-0.15, -0.1) is 0 Å². The molecule has 0 aromatic heterocycles. The van der Waals surface area contributed by atoms with Gasteiger partial charge in [-0.2, -0.15) is 13.2 Å². The van der Waals surface area contributed by atoms with Gasteiger partial charge < -0.3 is 5.32 Å². The monoisotopic (exact) mass is 372 g/mol.